The van der Waals surface area contributed by atoms with Crippen molar-refractivity contribution in [3.8, 4) is 5.75 Å². The fourth-order valence-corrected chi connectivity index (χ4v) is 4.07. The summed E-state index contributed by atoms with van der Waals surface area (Å²) in [5, 5.41) is 4.21. The number of hydrogen-bond donors (Lipinski definition) is 1. The SMILES string of the molecule is CC1Nc2nc(nc3cnc(Cl)cc23)CC2(CC2)COc2c1cccc2C(F)(F)F. The first-order chi connectivity index (χ1) is 14.2. The Labute approximate surface area is 175 Å². The van der Waals surface area contributed by atoms with Gasteiger partial charge in [0, 0.05) is 22.8 Å². The molecule has 5 nitrogen and oxygen atoms in total. The lowest BCUT2D eigenvalue weighted by Gasteiger charge is -2.23. The largest absolute Gasteiger partial charge is 0.492 e. The number of ether oxygens (including phenoxy) is 1. The molecule has 156 valence electrons. The van der Waals surface area contributed by atoms with Gasteiger partial charge in [0.15, 0.2) is 0 Å². The summed E-state index contributed by atoms with van der Waals surface area (Å²) < 4.78 is 47.0. The van der Waals surface area contributed by atoms with E-state index >= 15 is 0 Å². The number of benzene rings is 1. The van der Waals surface area contributed by atoms with Crippen molar-refractivity contribution in [3.63, 3.8) is 0 Å². The van der Waals surface area contributed by atoms with Gasteiger partial charge in [0.2, 0.25) is 0 Å². The highest BCUT2D eigenvalue weighted by Gasteiger charge is 2.46. The van der Waals surface area contributed by atoms with Crippen molar-refractivity contribution >= 4 is 28.3 Å². The summed E-state index contributed by atoms with van der Waals surface area (Å²) in [6.45, 7) is 1.97. The zero-order valence-electron chi connectivity index (χ0n) is 16.1. The van der Waals surface area contributed by atoms with E-state index in [4.69, 9.17) is 16.3 Å². The summed E-state index contributed by atoms with van der Waals surface area (Å²) in [4.78, 5) is 13.4. The van der Waals surface area contributed by atoms with E-state index in [1.54, 1.807) is 25.3 Å². The van der Waals surface area contributed by atoms with Crippen LogP contribution in [0, 0.1) is 5.41 Å². The quantitative estimate of drug-likeness (QED) is 0.468. The highest BCUT2D eigenvalue weighted by molar-refractivity contribution is 6.30. The number of fused-ring (bicyclic) bond motifs is 5. The number of anilines is 1. The molecule has 30 heavy (non-hydrogen) atoms. The molecule has 0 amide bonds. The Bertz CT molecular complexity index is 1150. The average Bonchev–Trinajstić information content (AvgIpc) is 3.45. The third-order valence-corrected chi connectivity index (χ3v) is 5.99. The molecule has 9 heteroatoms. The summed E-state index contributed by atoms with van der Waals surface area (Å²) in [7, 11) is 0. The van der Waals surface area contributed by atoms with Crippen molar-refractivity contribution in [2.75, 3.05) is 11.9 Å². The number of nitrogens with zero attached hydrogens (tertiary/aromatic N) is 3. The van der Waals surface area contributed by atoms with E-state index in [1.165, 1.54) is 6.07 Å². The van der Waals surface area contributed by atoms with Gasteiger partial charge in [-0.25, -0.2) is 15.0 Å². The van der Waals surface area contributed by atoms with Crippen LogP contribution in [0.4, 0.5) is 19.0 Å². The Kier molecular flexibility index (Phi) is 4.32. The Morgan fingerprint density at radius 1 is 1.23 bits per heavy atom. The minimum atomic E-state index is -4.51. The second kappa shape index (κ2) is 6.70. The number of aromatic nitrogens is 3. The Morgan fingerprint density at radius 3 is 2.77 bits per heavy atom. The van der Waals surface area contributed by atoms with Gasteiger partial charge in [0.1, 0.15) is 22.5 Å². The molecule has 0 radical (unpaired) electrons. The minimum Gasteiger partial charge on any atom is -0.492 e. The molecule has 1 fully saturated rings. The van der Waals surface area contributed by atoms with Crippen LogP contribution in [0.15, 0.2) is 30.5 Å². The highest BCUT2D eigenvalue weighted by Crippen LogP contribution is 2.50. The summed E-state index contributed by atoms with van der Waals surface area (Å²) in [5.41, 5.74) is 0.0443. The van der Waals surface area contributed by atoms with Crippen molar-refractivity contribution in [1.82, 2.24) is 15.0 Å². The van der Waals surface area contributed by atoms with Gasteiger partial charge in [0.05, 0.1) is 29.9 Å². The van der Waals surface area contributed by atoms with E-state index in [1.807, 2.05) is 0 Å². The molecule has 3 heterocycles. The summed E-state index contributed by atoms with van der Waals surface area (Å²) in [5.74, 6) is 1.01. The molecule has 1 atom stereocenters. The van der Waals surface area contributed by atoms with Crippen LogP contribution in [0.3, 0.4) is 0 Å². The normalized spacial score (nSPS) is 20.1. The molecule has 1 spiro atoms. The Hall–Kier alpha value is -2.61. The number of para-hydroxylation sites is 1. The van der Waals surface area contributed by atoms with Gasteiger partial charge >= 0.3 is 6.18 Å². The van der Waals surface area contributed by atoms with E-state index in [9.17, 15) is 13.2 Å². The highest BCUT2D eigenvalue weighted by atomic mass is 35.5. The second-order valence-corrected chi connectivity index (χ2v) is 8.45. The fourth-order valence-electron chi connectivity index (χ4n) is 3.92. The Morgan fingerprint density at radius 2 is 2.03 bits per heavy atom. The summed E-state index contributed by atoms with van der Waals surface area (Å²) >= 11 is 6.07. The summed E-state index contributed by atoms with van der Waals surface area (Å²) in [6.07, 6.45) is -0.683. The molecule has 1 N–H and O–H groups in total. The van der Waals surface area contributed by atoms with Crippen LogP contribution < -0.4 is 10.1 Å². The van der Waals surface area contributed by atoms with Crippen molar-refractivity contribution in [1.29, 1.82) is 0 Å². The molecule has 1 unspecified atom stereocenters. The molecule has 1 aliphatic heterocycles. The van der Waals surface area contributed by atoms with Gasteiger partial charge < -0.3 is 10.1 Å². The topological polar surface area (TPSA) is 59.9 Å². The van der Waals surface area contributed by atoms with Gasteiger partial charge in [-0.15, -0.1) is 0 Å². The van der Waals surface area contributed by atoms with Crippen molar-refractivity contribution < 1.29 is 17.9 Å². The molecule has 2 bridgehead atoms. The van der Waals surface area contributed by atoms with Crippen molar-refractivity contribution in [2.45, 2.75) is 38.4 Å². The van der Waals surface area contributed by atoms with Crippen LogP contribution in [0.2, 0.25) is 5.15 Å². The van der Waals surface area contributed by atoms with Gasteiger partial charge in [0.25, 0.3) is 0 Å². The first kappa shape index (κ1) is 19.4. The lowest BCUT2D eigenvalue weighted by Crippen LogP contribution is -2.20. The summed E-state index contributed by atoms with van der Waals surface area (Å²) in [6, 6.07) is 5.28. The molecule has 2 aromatic heterocycles. The molecule has 1 saturated carbocycles. The van der Waals surface area contributed by atoms with E-state index < -0.39 is 17.8 Å². The molecular weight excluding hydrogens is 417 g/mol. The standard InChI is InChI=1S/C21H18ClF3N4O/c1-11-12-3-2-4-14(21(23,24)25)18(12)30-10-20(5-6-20)8-17-28-15-9-26-16(22)7-13(15)19(27-11)29-17/h2-4,7,9,11H,5-6,8,10H2,1H3,(H,27,28,29). The molecule has 2 aliphatic rings. The fraction of sp³-hybridized carbons (Fsp3) is 0.381. The van der Waals surface area contributed by atoms with Gasteiger partial charge in [-0.1, -0.05) is 23.7 Å². The Balaban J connectivity index is 1.69. The predicted molar refractivity (Wildman–Crippen MR) is 107 cm³/mol. The van der Waals surface area contributed by atoms with Crippen LogP contribution in [-0.2, 0) is 12.6 Å². The van der Waals surface area contributed by atoms with E-state index in [2.05, 4.69) is 20.3 Å². The zero-order valence-corrected chi connectivity index (χ0v) is 16.8. The van der Waals surface area contributed by atoms with E-state index in [0.717, 1.165) is 18.9 Å². The third kappa shape index (κ3) is 3.43. The zero-order chi connectivity index (χ0) is 21.1. The first-order valence-corrected chi connectivity index (χ1v) is 10.0. The monoisotopic (exact) mass is 434 g/mol. The maximum absolute atomic E-state index is 13.7. The third-order valence-electron chi connectivity index (χ3n) is 5.78. The molecule has 0 saturated heterocycles. The smallest absolute Gasteiger partial charge is 0.419 e. The van der Waals surface area contributed by atoms with E-state index in [0.29, 0.717) is 39.7 Å². The average molecular weight is 435 g/mol. The number of hydrogen-bond acceptors (Lipinski definition) is 5. The van der Waals surface area contributed by atoms with Crippen LogP contribution in [0.1, 0.15) is 42.8 Å². The maximum atomic E-state index is 13.7. The first-order valence-electron chi connectivity index (χ1n) is 9.66. The number of halogens is 4. The van der Waals surface area contributed by atoms with Crippen LogP contribution in [0.25, 0.3) is 10.9 Å². The minimum absolute atomic E-state index is 0.122. The van der Waals surface area contributed by atoms with Crippen LogP contribution in [0.5, 0.6) is 5.75 Å². The van der Waals surface area contributed by atoms with Gasteiger partial charge in [-0.05, 0) is 31.9 Å². The number of nitrogens with one attached hydrogen (secondary N) is 1. The second-order valence-electron chi connectivity index (χ2n) is 8.07. The molecular formula is C21H18ClF3N4O. The van der Waals surface area contributed by atoms with Crippen molar-refractivity contribution in [2.24, 2.45) is 5.41 Å². The molecule has 3 aromatic rings. The molecule has 5 rings (SSSR count). The molecule has 1 aliphatic carbocycles. The maximum Gasteiger partial charge on any atom is 0.419 e. The lowest BCUT2D eigenvalue weighted by atomic mass is 10.0. The van der Waals surface area contributed by atoms with Crippen LogP contribution in [-0.4, -0.2) is 21.6 Å². The van der Waals surface area contributed by atoms with Crippen LogP contribution >= 0.6 is 11.6 Å². The van der Waals surface area contributed by atoms with Crippen molar-refractivity contribution in [3.05, 3.63) is 52.6 Å². The molecule has 1 aromatic carbocycles. The number of pyridine rings is 1. The number of alkyl halides is 3. The predicted octanol–water partition coefficient (Wildman–Crippen LogP) is 5.59. The lowest BCUT2D eigenvalue weighted by molar-refractivity contribution is -0.139. The number of rotatable bonds is 0. The van der Waals surface area contributed by atoms with Gasteiger partial charge in [-0.3, -0.25) is 0 Å². The van der Waals surface area contributed by atoms with Gasteiger partial charge in [-0.2, -0.15) is 13.2 Å². The van der Waals surface area contributed by atoms with E-state index in [-0.39, 0.29) is 17.8 Å².